The molecular weight excluding hydrogens is 178 g/mol. The molecule has 0 radical (unpaired) electrons. The topological polar surface area (TPSA) is 80.2 Å². The Bertz CT molecular complexity index is 332. The molecule has 1 aromatic rings. The summed E-state index contributed by atoms with van der Waals surface area (Å²) in [5.74, 6) is 1.19. The van der Waals surface area contributed by atoms with Gasteiger partial charge in [0.05, 0.1) is 11.7 Å². The van der Waals surface area contributed by atoms with E-state index in [-0.39, 0.29) is 0 Å². The first-order chi connectivity index (χ1) is 6.65. The highest BCUT2D eigenvalue weighted by Gasteiger charge is 2.22. The summed E-state index contributed by atoms with van der Waals surface area (Å²) in [5, 5.41) is 3.29. The van der Waals surface area contributed by atoms with E-state index in [0.717, 1.165) is 18.9 Å². The molecule has 1 aromatic heterocycles. The average molecular weight is 193 g/mol. The minimum absolute atomic E-state index is 0.391. The second kappa shape index (κ2) is 3.34. The van der Waals surface area contributed by atoms with Gasteiger partial charge in [0, 0.05) is 13.1 Å². The Morgan fingerprint density at radius 2 is 2.14 bits per heavy atom. The Hall–Kier alpha value is -1.49. The standard InChI is InChI=1S/C9H15N5/c1-14-4-6(5-14)12-8-3-2-7(10)9(11)13-8/h2-3,6H,4-5,10H2,1H3,(H3,11,12,13). The lowest BCUT2D eigenvalue weighted by molar-refractivity contribution is 0.205. The van der Waals surface area contributed by atoms with Crippen LogP contribution in [0.25, 0.3) is 0 Å². The number of rotatable bonds is 2. The van der Waals surface area contributed by atoms with Crippen LogP contribution in [0.1, 0.15) is 0 Å². The molecule has 1 aliphatic heterocycles. The van der Waals surface area contributed by atoms with Gasteiger partial charge in [-0.2, -0.15) is 0 Å². The second-order valence-corrected chi connectivity index (χ2v) is 3.73. The van der Waals surface area contributed by atoms with E-state index in [1.165, 1.54) is 0 Å². The molecule has 1 aliphatic rings. The number of aromatic nitrogens is 1. The number of nitrogens with zero attached hydrogens (tertiary/aromatic N) is 2. The SMILES string of the molecule is CN1CC(Nc2ccc(N)c(N)n2)C1. The molecule has 2 rings (SSSR count). The monoisotopic (exact) mass is 193 g/mol. The molecule has 5 nitrogen and oxygen atoms in total. The van der Waals surface area contributed by atoms with Gasteiger partial charge in [0.2, 0.25) is 0 Å². The molecular formula is C9H15N5. The van der Waals surface area contributed by atoms with Gasteiger partial charge in [0.25, 0.3) is 0 Å². The first-order valence-corrected chi connectivity index (χ1v) is 4.62. The fourth-order valence-corrected chi connectivity index (χ4v) is 1.57. The van der Waals surface area contributed by atoms with E-state index in [9.17, 15) is 0 Å². The first-order valence-electron chi connectivity index (χ1n) is 4.62. The highest BCUT2D eigenvalue weighted by Crippen LogP contribution is 2.17. The van der Waals surface area contributed by atoms with Crippen molar-refractivity contribution in [1.29, 1.82) is 0 Å². The second-order valence-electron chi connectivity index (χ2n) is 3.73. The van der Waals surface area contributed by atoms with Crippen LogP contribution < -0.4 is 16.8 Å². The minimum atomic E-state index is 0.391. The lowest BCUT2D eigenvalue weighted by Crippen LogP contribution is -2.52. The van der Waals surface area contributed by atoms with Crippen molar-refractivity contribution < 1.29 is 0 Å². The summed E-state index contributed by atoms with van der Waals surface area (Å²) in [6.07, 6.45) is 0. The van der Waals surface area contributed by atoms with Crippen LogP contribution in [0.4, 0.5) is 17.3 Å². The molecule has 0 atom stereocenters. The summed E-state index contributed by atoms with van der Waals surface area (Å²) in [6.45, 7) is 2.10. The molecule has 5 heteroatoms. The Kier molecular flexibility index (Phi) is 2.17. The Balaban J connectivity index is 2.00. The Labute approximate surface area is 83.1 Å². The summed E-state index contributed by atoms with van der Waals surface area (Å²) in [5.41, 5.74) is 11.7. The van der Waals surface area contributed by atoms with Crippen molar-refractivity contribution in [2.75, 3.05) is 36.9 Å². The van der Waals surface area contributed by atoms with Gasteiger partial charge in [-0.3, -0.25) is 0 Å². The molecule has 0 amide bonds. The maximum absolute atomic E-state index is 5.60. The van der Waals surface area contributed by atoms with Crippen molar-refractivity contribution in [1.82, 2.24) is 9.88 Å². The number of nitrogens with two attached hydrogens (primary N) is 2. The van der Waals surface area contributed by atoms with Crippen LogP contribution in [0, 0.1) is 0 Å². The van der Waals surface area contributed by atoms with Crippen LogP contribution in [0.5, 0.6) is 0 Å². The summed E-state index contributed by atoms with van der Waals surface area (Å²) in [7, 11) is 2.09. The molecule has 1 fully saturated rings. The van der Waals surface area contributed by atoms with Crippen LogP contribution in [-0.4, -0.2) is 36.1 Å². The van der Waals surface area contributed by atoms with Gasteiger partial charge in [-0.15, -0.1) is 0 Å². The maximum atomic E-state index is 5.60. The van der Waals surface area contributed by atoms with Crippen molar-refractivity contribution in [3.8, 4) is 0 Å². The third kappa shape index (κ3) is 1.72. The van der Waals surface area contributed by atoms with Gasteiger partial charge in [0.15, 0.2) is 0 Å². The zero-order valence-electron chi connectivity index (χ0n) is 8.20. The third-order valence-corrected chi connectivity index (χ3v) is 2.37. The van der Waals surface area contributed by atoms with E-state index >= 15 is 0 Å². The van der Waals surface area contributed by atoms with E-state index in [2.05, 4.69) is 22.2 Å². The molecule has 0 spiro atoms. The molecule has 14 heavy (non-hydrogen) atoms. The normalized spacial score (nSPS) is 17.8. The molecule has 0 bridgehead atoms. The third-order valence-electron chi connectivity index (χ3n) is 2.37. The van der Waals surface area contributed by atoms with Gasteiger partial charge in [-0.05, 0) is 19.2 Å². The van der Waals surface area contributed by atoms with Crippen molar-refractivity contribution >= 4 is 17.3 Å². The fraction of sp³-hybridized carbons (Fsp3) is 0.444. The predicted molar refractivity (Wildman–Crippen MR) is 58.0 cm³/mol. The van der Waals surface area contributed by atoms with Gasteiger partial charge < -0.3 is 21.7 Å². The maximum Gasteiger partial charge on any atom is 0.149 e. The molecule has 76 valence electrons. The van der Waals surface area contributed by atoms with Crippen molar-refractivity contribution in [2.24, 2.45) is 0 Å². The number of anilines is 3. The molecule has 0 aliphatic carbocycles. The zero-order chi connectivity index (χ0) is 10.1. The number of nitrogens with one attached hydrogen (secondary N) is 1. The van der Waals surface area contributed by atoms with Crippen LogP contribution in [0.3, 0.4) is 0 Å². The quantitative estimate of drug-likeness (QED) is 0.614. The Morgan fingerprint density at radius 1 is 1.43 bits per heavy atom. The molecule has 0 saturated carbocycles. The molecule has 1 saturated heterocycles. The van der Waals surface area contributed by atoms with Crippen molar-refractivity contribution in [3.05, 3.63) is 12.1 Å². The van der Waals surface area contributed by atoms with Crippen molar-refractivity contribution in [3.63, 3.8) is 0 Å². The summed E-state index contributed by atoms with van der Waals surface area (Å²) >= 11 is 0. The largest absolute Gasteiger partial charge is 0.396 e. The number of nitrogen functional groups attached to an aromatic ring is 2. The summed E-state index contributed by atoms with van der Waals surface area (Å²) in [6, 6.07) is 4.10. The molecule has 0 aromatic carbocycles. The van der Waals surface area contributed by atoms with E-state index in [4.69, 9.17) is 11.5 Å². The smallest absolute Gasteiger partial charge is 0.149 e. The van der Waals surface area contributed by atoms with E-state index in [1.54, 1.807) is 6.07 Å². The van der Waals surface area contributed by atoms with E-state index < -0.39 is 0 Å². The number of likely N-dealkylation sites (tertiary alicyclic amines) is 1. The highest BCUT2D eigenvalue weighted by atomic mass is 15.2. The molecule has 5 N–H and O–H groups in total. The van der Waals surface area contributed by atoms with Gasteiger partial charge in [0.1, 0.15) is 11.6 Å². The van der Waals surface area contributed by atoms with Crippen LogP contribution in [0.15, 0.2) is 12.1 Å². The zero-order valence-corrected chi connectivity index (χ0v) is 8.20. The lowest BCUT2D eigenvalue weighted by Gasteiger charge is -2.36. The number of likely N-dealkylation sites (N-methyl/N-ethyl adjacent to an activating group) is 1. The van der Waals surface area contributed by atoms with Gasteiger partial charge in [-0.1, -0.05) is 0 Å². The Morgan fingerprint density at radius 3 is 2.71 bits per heavy atom. The van der Waals surface area contributed by atoms with Crippen LogP contribution >= 0.6 is 0 Å². The first kappa shape index (κ1) is 9.08. The minimum Gasteiger partial charge on any atom is -0.396 e. The van der Waals surface area contributed by atoms with Gasteiger partial charge >= 0.3 is 0 Å². The number of hydrogen-bond donors (Lipinski definition) is 3. The van der Waals surface area contributed by atoms with E-state index in [0.29, 0.717) is 17.5 Å². The fourth-order valence-electron chi connectivity index (χ4n) is 1.57. The lowest BCUT2D eigenvalue weighted by atomic mass is 10.1. The highest BCUT2D eigenvalue weighted by molar-refractivity contribution is 5.61. The number of pyridine rings is 1. The molecule has 0 unspecified atom stereocenters. The summed E-state index contributed by atoms with van der Waals surface area (Å²) < 4.78 is 0. The number of hydrogen-bond acceptors (Lipinski definition) is 5. The van der Waals surface area contributed by atoms with Gasteiger partial charge in [-0.25, -0.2) is 4.98 Å². The van der Waals surface area contributed by atoms with E-state index in [1.807, 2.05) is 6.07 Å². The van der Waals surface area contributed by atoms with Crippen LogP contribution in [-0.2, 0) is 0 Å². The average Bonchev–Trinajstić information content (AvgIpc) is 2.09. The predicted octanol–water partition coefficient (Wildman–Crippen LogP) is -0.0281. The van der Waals surface area contributed by atoms with Crippen molar-refractivity contribution in [2.45, 2.75) is 6.04 Å². The summed E-state index contributed by atoms with van der Waals surface area (Å²) in [4.78, 5) is 6.38. The molecule has 2 heterocycles. The van der Waals surface area contributed by atoms with Crippen LogP contribution in [0.2, 0.25) is 0 Å².